The molecule has 0 saturated carbocycles. The quantitative estimate of drug-likeness (QED) is 0.547. The van der Waals surface area contributed by atoms with Gasteiger partial charge in [0.15, 0.2) is 0 Å². The van der Waals surface area contributed by atoms with E-state index in [2.05, 4.69) is 54.5 Å². The Labute approximate surface area is 125 Å². The number of hydrogen-bond donors (Lipinski definition) is 2. The van der Waals surface area contributed by atoms with Crippen LogP contribution in [0.3, 0.4) is 0 Å². The Morgan fingerprint density at radius 2 is 2.10 bits per heavy atom. The molecular weight excluding hydrogens is 268 g/mol. The van der Waals surface area contributed by atoms with Crippen molar-refractivity contribution in [3.63, 3.8) is 0 Å². The van der Waals surface area contributed by atoms with Crippen LogP contribution in [0.2, 0.25) is 0 Å². The molecule has 2 aromatic rings. The molecule has 20 heavy (non-hydrogen) atoms. The molecule has 0 aliphatic carbocycles. The molecule has 4 heteroatoms. The lowest BCUT2D eigenvalue weighted by Gasteiger charge is -2.07. The summed E-state index contributed by atoms with van der Waals surface area (Å²) >= 11 is 1.87. The van der Waals surface area contributed by atoms with E-state index in [4.69, 9.17) is 4.74 Å². The van der Waals surface area contributed by atoms with Crippen LogP contribution in [-0.4, -0.2) is 36.5 Å². The summed E-state index contributed by atoms with van der Waals surface area (Å²) in [6.45, 7) is 7.05. The highest BCUT2D eigenvalue weighted by atomic mass is 32.2. The van der Waals surface area contributed by atoms with Gasteiger partial charge in [-0.1, -0.05) is 18.2 Å². The molecule has 2 rings (SSSR count). The van der Waals surface area contributed by atoms with Gasteiger partial charge in [0.2, 0.25) is 0 Å². The Bertz CT molecular complexity index is 477. The number of fused-ring (bicyclic) bond motifs is 1. The summed E-state index contributed by atoms with van der Waals surface area (Å²) < 4.78 is 5.50. The number of rotatable bonds is 9. The number of benzene rings is 1. The maximum Gasteiger partial charge on any atom is 0.0732 e. The van der Waals surface area contributed by atoms with Crippen molar-refractivity contribution in [2.75, 3.05) is 25.4 Å². The van der Waals surface area contributed by atoms with Crippen molar-refractivity contribution in [3.8, 4) is 0 Å². The van der Waals surface area contributed by atoms with Crippen LogP contribution in [0.4, 0.5) is 0 Å². The number of aromatic amines is 1. The zero-order valence-electron chi connectivity index (χ0n) is 12.3. The lowest BCUT2D eigenvalue weighted by molar-refractivity contribution is 0.0772. The SMILES string of the molecule is CC(C)OCCCNCCSc1cc2ccccc2[nH]1. The van der Waals surface area contributed by atoms with Crippen LogP contribution >= 0.6 is 11.8 Å². The van der Waals surface area contributed by atoms with E-state index in [1.165, 1.54) is 15.9 Å². The number of ether oxygens (including phenoxy) is 1. The Hall–Kier alpha value is -0.970. The first-order valence-electron chi connectivity index (χ1n) is 7.28. The normalized spacial score (nSPS) is 11.6. The first kappa shape index (κ1) is 15.4. The second kappa shape index (κ2) is 8.35. The zero-order chi connectivity index (χ0) is 14.2. The molecule has 0 spiro atoms. The molecular formula is C16H24N2OS. The number of hydrogen-bond acceptors (Lipinski definition) is 3. The summed E-state index contributed by atoms with van der Waals surface area (Å²) in [5, 5.41) is 5.98. The average molecular weight is 292 g/mol. The topological polar surface area (TPSA) is 37.0 Å². The standard InChI is InChI=1S/C16H24N2OS/c1-13(2)19-10-5-8-17-9-11-20-16-12-14-6-3-4-7-15(14)18-16/h3-4,6-7,12-13,17-18H,5,8-11H2,1-2H3. The van der Waals surface area contributed by atoms with Crippen LogP contribution in [0.5, 0.6) is 0 Å². The van der Waals surface area contributed by atoms with E-state index in [9.17, 15) is 0 Å². The number of aromatic nitrogens is 1. The van der Waals surface area contributed by atoms with Crippen LogP contribution in [0, 0.1) is 0 Å². The summed E-state index contributed by atoms with van der Waals surface area (Å²) in [6, 6.07) is 10.6. The minimum atomic E-state index is 0.340. The van der Waals surface area contributed by atoms with Crippen LogP contribution in [0.1, 0.15) is 20.3 Å². The molecule has 1 aromatic heterocycles. The van der Waals surface area contributed by atoms with Gasteiger partial charge in [0.1, 0.15) is 0 Å². The van der Waals surface area contributed by atoms with Gasteiger partial charge in [0, 0.05) is 29.8 Å². The van der Waals surface area contributed by atoms with Gasteiger partial charge in [-0.25, -0.2) is 0 Å². The van der Waals surface area contributed by atoms with Gasteiger partial charge in [0.25, 0.3) is 0 Å². The van der Waals surface area contributed by atoms with Gasteiger partial charge < -0.3 is 15.0 Å². The van der Waals surface area contributed by atoms with Crippen molar-refractivity contribution in [1.29, 1.82) is 0 Å². The minimum Gasteiger partial charge on any atom is -0.379 e. The fraction of sp³-hybridized carbons (Fsp3) is 0.500. The predicted molar refractivity (Wildman–Crippen MR) is 87.6 cm³/mol. The van der Waals surface area contributed by atoms with Gasteiger partial charge in [-0.3, -0.25) is 0 Å². The molecule has 0 aliphatic rings. The molecule has 2 N–H and O–H groups in total. The molecule has 110 valence electrons. The maximum absolute atomic E-state index is 5.50. The van der Waals surface area contributed by atoms with Crippen LogP contribution in [-0.2, 0) is 4.74 Å². The van der Waals surface area contributed by atoms with Crippen molar-refractivity contribution in [2.45, 2.75) is 31.4 Å². The predicted octanol–water partition coefficient (Wildman–Crippen LogP) is 3.66. The third-order valence-corrected chi connectivity index (χ3v) is 3.93. The number of para-hydroxylation sites is 1. The largest absolute Gasteiger partial charge is 0.379 e. The van der Waals surface area contributed by atoms with Crippen LogP contribution < -0.4 is 5.32 Å². The van der Waals surface area contributed by atoms with Crippen molar-refractivity contribution in [2.24, 2.45) is 0 Å². The first-order chi connectivity index (χ1) is 9.75. The zero-order valence-corrected chi connectivity index (χ0v) is 13.1. The molecule has 0 radical (unpaired) electrons. The van der Waals surface area contributed by atoms with E-state index in [-0.39, 0.29) is 0 Å². The molecule has 1 aromatic carbocycles. The fourth-order valence-electron chi connectivity index (χ4n) is 2.00. The van der Waals surface area contributed by atoms with E-state index < -0.39 is 0 Å². The Balaban J connectivity index is 1.57. The van der Waals surface area contributed by atoms with Gasteiger partial charge in [0.05, 0.1) is 11.1 Å². The minimum absolute atomic E-state index is 0.340. The molecule has 0 atom stereocenters. The van der Waals surface area contributed by atoms with Crippen LogP contribution in [0.25, 0.3) is 10.9 Å². The third kappa shape index (κ3) is 5.19. The number of H-pyrrole nitrogens is 1. The van der Waals surface area contributed by atoms with E-state index in [1.54, 1.807) is 0 Å². The van der Waals surface area contributed by atoms with Crippen molar-refractivity contribution in [1.82, 2.24) is 10.3 Å². The molecule has 0 aliphatic heterocycles. The van der Waals surface area contributed by atoms with Gasteiger partial charge in [-0.05, 0) is 38.9 Å². The monoisotopic (exact) mass is 292 g/mol. The van der Waals surface area contributed by atoms with Crippen molar-refractivity contribution >= 4 is 22.7 Å². The second-order valence-electron chi connectivity index (χ2n) is 5.09. The number of thioether (sulfide) groups is 1. The Kier molecular flexibility index (Phi) is 6.43. The molecule has 1 heterocycles. The van der Waals surface area contributed by atoms with Gasteiger partial charge in [-0.2, -0.15) is 0 Å². The highest BCUT2D eigenvalue weighted by molar-refractivity contribution is 7.99. The Morgan fingerprint density at radius 1 is 1.25 bits per heavy atom. The highest BCUT2D eigenvalue weighted by Crippen LogP contribution is 2.22. The molecule has 3 nitrogen and oxygen atoms in total. The average Bonchev–Trinajstić information content (AvgIpc) is 2.84. The lowest BCUT2D eigenvalue weighted by Crippen LogP contribution is -2.20. The Morgan fingerprint density at radius 3 is 2.90 bits per heavy atom. The summed E-state index contributed by atoms with van der Waals surface area (Å²) in [7, 11) is 0. The molecule has 0 unspecified atom stereocenters. The summed E-state index contributed by atoms with van der Waals surface area (Å²) in [4.78, 5) is 3.43. The number of nitrogens with one attached hydrogen (secondary N) is 2. The lowest BCUT2D eigenvalue weighted by atomic mass is 10.3. The van der Waals surface area contributed by atoms with Crippen molar-refractivity contribution in [3.05, 3.63) is 30.3 Å². The van der Waals surface area contributed by atoms with E-state index in [1.807, 2.05) is 11.8 Å². The summed E-state index contributed by atoms with van der Waals surface area (Å²) in [5.41, 5.74) is 1.22. The van der Waals surface area contributed by atoms with Gasteiger partial charge in [-0.15, -0.1) is 11.8 Å². The molecule has 0 fully saturated rings. The van der Waals surface area contributed by atoms with Crippen LogP contribution in [0.15, 0.2) is 35.4 Å². The molecule has 0 amide bonds. The fourth-order valence-corrected chi connectivity index (χ4v) is 2.86. The third-order valence-electron chi connectivity index (χ3n) is 2.99. The summed E-state index contributed by atoms with van der Waals surface area (Å²) in [5.74, 6) is 1.08. The van der Waals surface area contributed by atoms with E-state index in [0.29, 0.717) is 6.10 Å². The molecule has 0 saturated heterocycles. The van der Waals surface area contributed by atoms with Crippen molar-refractivity contribution < 1.29 is 4.74 Å². The second-order valence-corrected chi connectivity index (χ2v) is 6.23. The smallest absolute Gasteiger partial charge is 0.0732 e. The van der Waals surface area contributed by atoms with E-state index in [0.717, 1.165) is 31.9 Å². The first-order valence-corrected chi connectivity index (χ1v) is 8.27. The maximum atomic E-state index is 5.50. The summed E-state index contributed by atoms with van der Waals surface area (Å²) in [6.07, 6.45) is 1.42. The van der Waals surface area contributed by atoms with E-state index >= 15 is 0 Å². The highest BCUT2D eigenvalue weighted by Gasteiger charge is 2.00. The van der Waals surface area contributed by atoms with Gasteiger partial charge >= 0.3 is 0 Å². The molecule has 0 bridgehead atoms.